The lowest BCUT2D eigenvalue weighted by atomic mass is 9.98. The van der Waals surface area contributed by atoms with Crippen LogP contribution in [0.3, 0.4) is 0 Å². The molecular formula is C29H40ClN7O3. The van der Waals surface area contributed by atoms with Crippen LogP contribution in [-0.4, -0.2) is 85.8 Å². The van der Waals surface area contributed by atoms with Gasteiger partial charge in [0.05, 0.1) is 0 Å². The molecule has 5 rings (SSSR count). The minimum atomic E-state index is -0.813. The van der Waals surface area contributed by atoms with E-state index in [2.05, 4.69) is 67.8 Å². The smallest absolute Gasteiger partial charge is 0.424 e. The topological polar surface area (TPSA) is 99.6 Å². The number of aromatic nitrogens is 4. The molecule has 2 aromatic heterocycles. The Labute approximate surface area is 240 Å². The number of nitrogens with zero attached hydrogens (tertiary/aromatic N) is 6. The summed E-state index contributed by atoms with van der Waals surface area (Å²) >= 11 is 6.61. The molecular weight excluding hydrogens is 530 g/mol. The van der Waals surface area contributed by atoms with Gasteiger partial charge in [0.25, 0.3) is 0 Å². The molecule has 0 bridgehead atoms. The second kappa shape index (κ2) is 11.5. The Bertz CT molecular complexity index is 1400. The van der Waals surface area contributed by atoms with Crippen LogP contribution in [-0.2, 0) is 11.3 Å². The van der Waals surface area contributed by atoms with Gasteiger partial charge in [0, 0.05) is 38.3 Å². The van der Waals surface area contributed by atoms with Gasteiger partial charge >= 0.3 is 11.8 Å². The third-order valence-electron chi connectivity index (χ3n) is 7.89. The van der Waals surface area contributed by atoms with Crippen LogP contribution < -0.4 is 10.6 Å². The number of piperidine rings is 1. The number of likely N-dealkylation sites (tertiary alicyclic amines) is 1. The molecule has 2 aliphatic rings. The predicted molar refractivity (Wildman–Crippen MR) is 157 cm³/mol. The molecule has 1 atom stereocenters. The molecule has 2 fully saturated rings. The van der Waals surface area contributed by atoms with Crippen LogP contribution in [0.5, 0.6) is 0 Å². The quantitative estimate of drug-likeness (QED) is 0.482. The lowest BCUT2D eigenvalue weighted by Gasteiger charge is -2.47. The van der Waals surface area contributed by atoms with E-state index in [1.165, 1.54) is 11.1 Å². The van der Waals surface area contributed by atoms with E-state index in [1.807, 2.05) is 0 Å². The summed E-state index contributed by atoms with van der Waals surface area (Å²) in [6, 6.07) is 9.78. The van der Waals surface area contributed by atoms with E-state index in [0.29, 0.717) is 17.9 Å². The molecule has 40 heavy (non-hydrogen) atoms. The molecule has 216 valence electrons. The van der Waals surface area contributed by atoms with E-state index < -0.39 is 17.4 Å². The maximum absolute atomic E-state index is 12.6. The summed E-state index contributed by atoms with van der Waals surface area (Å²) in [5.74, 6) is 0.526. The lowest BCUT2D eigenvalue weighted by molar-refractivity contribution is 0.0537. The zero-order chi connectivity index (χ0) is 28.6. The number of rotatable bonds is 5. The Kier molecular flexibility index (Phi) is 8.22. The molecule has 4 heterocycles. The van der Waals surface area contributed by atoms with Gasteiger partial charge in [0.1, 0.15) is 5.60 Å². The van der Waals surface area contributed by atoms with Crippen molar-refractivity contribution in [1.29, 1.82) is 0 Å². The number of nitrogens with one attached hydrogen (secondary N) is 1. The lowest BCUT2D eigenvalue weighted by Crippen LogP contribution is -2.58. The number of aromatic amines is 1. The number of hydrogen-bond acceptors (Lipinski definition) is 8. The van der Waals surface area contributed by atoms with Gasteiger partial charge in [-0.1, -0.05) is 48.4 Å². The van der Waals surface area contributed by atoms with Crippen molar-refractivity contribution >= 4 is 34.8 Å². The van der Waals surface area contributed by atoms with Gasteiger partial charge in [0.15, 0.2) is 22.3 Å². The van der Waals surface area contributed by atoms with E-state index in [4.69, 9.17) is 16.3 Å². The van der Waals surface area contributed by atoms with E-state index in [9.17, 15) is 9.59 Å². The number of hydrogen-bond donors (Lipinski definition) is 1. The highest BCUT2D eigenvalue weighted by atomic mass is 35.5. The van der Waals surface area contributed by atoms with Crippen LogP contribution in [0, 0.1) is 6.92 Å². The van der Waals surface area contributed by atoms with Crippen LogP contribution in [0.15, 0.2) is 29.1 Å². The van der Waals surface area contributed by atoms with E-state index in [1.54, 1.807) is 20.8 Å². The molecule has 0 amide bonds. The van der Waals surface area contributed by atoms with E-state index in [0.717, 1.165) is 63.1 Å². The fourth-order valence-corrected chi connectivity index (χ4v) is 6.08. The zero-order valence-corrected chi connectivity index (χ0v) is 24.9. The van der Waals surface area contributed by atoms with Crippen molar-refractivity contribution in [2.75, 3.05) is 37.6 Å². The van der Waals surface area contributed by atoms with Gasteiger partial charge in [-0.05, 0) is 65.6 Å². The van der Waals surface area contributed by atoms with Crippen LogP contribution in [0.2, 0.25) is 5.15 Å². The van der Waals surface area contributed by atoms with Crippen molar-refractivity contribution in [3.05, 3.63) is 51.0 Å². The normalized spacial score (nSPS) is 19.9. The Balaban J connectivity index is 1.25. The second-order valence-corrected chi connectivity index (χ2v) is 12.4. The van der Waals surface area contributed by atoms with Gasteiger partial charge in [0.2, 0.25) is 0 Å². The number of fused-ring (bicyclic) bond motifs is 1. The number of benzene rings is 1. The zero-order valence-electron chi connectivity index (χ0n) is 24.1. The predicted octanol–water partition coefficient (Wildman–Crippen LogP) is 4.43. The van der Waals surface area contributed by atoms with Crippen molar-refractivity contribution in [1.82, 2.24) is 29.3 Å². The van der Waals surface area contributed by atoms with Gasteiger partial charge in [-0.25, -0.2) is 19.6 Å². The number of anilines is 1. The number of halogens is 1. The molecule has 0 saturated carbocycles. The number of ether oxygens (including phenoxy) is 1. The summed E-state index contributed by atoms with van der Waals surface area (Å²) < 4.78 is 6.22. The first-order chi connectivity index (χ1) is 19.0. The molecule has 0 spiro atoms. The number of H-pyrrole nitrogens is 1. The van der Waals surface area contributed by atoms with Crippen molar-refractivity contribution in [3.63, 3.8) is 0 Å². The fraction of sp³-hybridized carbons (Fsp3) is 0.586. The molecule has 1 aromatic carbocycles. The molecule has 3 aromatic rings. The summed E-state index contributed by atoms with van der Waals surface area (Å²) in [7, 11) is 0. The maximum Gasteiger partial charge on any atom is 0.424 e. The summed E-state index contributed by atoms with van der Waals surface area (Å²) in [6.07, 6.45) is 2.52. The molecule has 0 radical (unpaired) electrons. The first-order valence-corrected chi connectivity index (χ1v) is 14.6. The first-order valence-electron chi connectivity index (χ1n) is 14.2. The first kappa shape index (κ1) is 28.6. The highest BCUT2D eigenvalue weighted by Crippen LogP contribution is 2.30. The summed E-state index contributed by atoms with van der Waals surface area (Å²) in [5.41, 5.74) is 1.54. The van der Waals surface area contributed by atoms with Gasteiger partial charge in [-0.2, -0.15) is 4.57 Å². The number of carbonyl (C=O) groups is 1. The van der Waals surface area contributed by atoms with Crippen LogP contribution in [0.4, 0.5) is 10.6 Å². The largest absolute Gasteiger partial charge is 0.443 e. The molecule has 1 N–H and O–H groups in total. The van der Waals surface area contributed by atoms with Crippen LogP contribution >= 0.6 is 11.6 Å². The van der Waals surface area contributed by atoms with Crippen LogP contribution in [0.1, 0.15) is 58.1 Å². The number of imidazole rings is 1. The minimum absolute atomic E-state index is 0.0658. The molecule has 10 nitrogen and oxygen atoms in total. The fourth-order valence-electron chi connectivity index (χ4n) is 5.84. The maximum atomic E-state index is 12.6. The van der Waals surface area contributed by atoms with E-state index in [-0.39, 0.29) is 16.4 Å². The van der Waals surface area contributed by atoms with Gasteiger partial charge in [-0.15, -0.1) is 0 Å². The molecule has 11 heteroatoms. The molecule has 2 aliphatic heterocycles. The SMILES string of the molecule is CCC1CN(c2nc3[nH]c(=O)n(C(=O)OC(C)(C)C)c3nc2Cl)CCN1C1CCN(Cc2ccc(C)cc2)CC1. The minimum Gasteiger partial charge on any atom is -0.443 e. The molecule has 2 saturated heterocycles. The highest BCUT2D eigenvalue weighted by Gasteiger charge is 2.34. The monoisotopic (exact) mass is 569 g/mol. The molecule has 0 aliphatic carbocycles. The van der Waals surface area contributed by atoms with Gasteiger partial charge in [-0.3, -0.25) is 14.8 Å². The Morgan fingerprint density at radius 1 is 1.10 bits per heavy atom. The third-order valence-corrected chi connectivity index (χ3v) is 8.14. The average molecular weight is 570 g/mol. The molecule has 1 unspecified atom stereocenters. The highest BCUT2D eigenvalue weighted by molar-refractivity contribution is 6.32. The summed E-state index contributed by atoms with van der Waals surface area (Å²) in [4.78, 5) is 44.3. The van der Waals surface area contributed by atoms with Crippen molar-refractivity contribution < 1.29 is 9.53 Å². The number of piperazine rings is 1. The van der Waals surface area contributed by atoms with Crippen molar-refractivity contribution in [3.8, 4) is 0 Å². The third kappa shape index (κ3) is 6.19. The Morgan fingerprint density at radius 3 is 2.45 bits per heavy atom. The summed E-state index contributed by atoms with van der Waals surface area (Å²) in [5, 5.41) is 0.163. The van der Waals surface area contributed by atoms with E-state index >= 15 is 0 Å². The number of aryl methyl sites for hydroxylation is 1. The summed E-state index contributed by atoms with van der Waals surface area (Å²) in [6.45, 7) is 15.2. The Morgan fingerprint density at radius 2 is 1.80 bits per heavy atom. The Hall–Kier alpha value is -2.95. The standard InChI is InChI=1S/C29H40ClN7O3/c1-6-21-18-35(15-16-36(21)22-11-13-34(14-12-22)17-20-9-7-19(2)8-10-20)25-23(30)31-26-24(32-25)33-27(38)37(26)28(39)40-29(3,4)5/h7-10,21-22H,6,11-18H2,1-5H3,(H,32,33,38). The second-order valence-electron chi connectivity index (χ2n) is 12.0. The van der Waals surface area contributed by atoms with Crippen LogP contribution in [0.25, 0.3) is 11.3 Å². The average Bonchev–Trinajstić information content (AvgIpc) is 3.23. The van der Waals surface area contributed by atoms with Crippen molar-refractivity contribution in [2.24, 2.45) is 0 Å². The van der Waals surface area contributed by atoms with Gasteiger partial charge < -0.3 is 9.64 Å². The van der Waals surface area contributed by atoms with Crippen molar-refractivity contribution in [2.45, 2.75) is 78.1 Å². The number of carbonyl (C=O) groups excluding carboxylic acids is 1.